The van der Waals surface area contributed by atoms with Gasteiger partial charge in [0, 0.05) is 24.6 Å². The molecule has 2 aliphatic heterocycles. The maximum atomic E-state index is 5.86. The third-order valence-electron chi connectivity index (χ3n) is 5.33. The van der Waals surface area contributed by atoms with E-state index in [2.05, 4.69) is 15.0 Å². The molecule has 4 heterocycles. The molecule has 1 atom stereocenters. The van der Waals surface area contributed by atoms with Crippen molar-refractivity contribution >= 4 is 11.0 Å². The topological polar surface area (TPSA) is 64.5 Å². The van der Waals surface area contributed by atoms with E-state index >= 15 is 0 Å². The molecular weight excluding hydrogens is 318 g/mol. The zero-order chi connectivity index (χ0) is 16.6. The summed E-state index contributed by atoms with van der Waals surface area (Å²) in [6.07, 6.45) is 4.41. The van der Waals surface area contributed by atoms with Crippen LogP contribution in [-0.4, -0.2) is 40.8 Å². The van der Waals surface area contributed by atoms with E-state index in [9.17, 15) is 0 Å². The molecule has 0 bridgehead atoms. The molecular formula is C19H21N3O3. The van der Waals surface area contributed by atoms with Crippen LogP contribution in [0.15, 0.2) is 39.3 Å². The first-order valence-corrected chi connectivity index (χ1v) is 9.04. The van der Waals surface area contributed by atoms with Crippen molar-refractivity contribution < 1.29 is 13.7 Å². The standard InChI is InChI=1S/C19H21N3O3/c1-2-6-16-13(4-1)12-17(24-16)18-20-19(25-21-18)15-5-3-9-22(15)14-7-10-23-11-8-14/h1-2,4,6,12,14-15H,3,5,7-11H2. The van der Waals surface area contributed by atoms with E-state index in [4.69, 9.17) is 13.7 Å². The largest absolute Gasteiger partial charge is 0.453 e. The van der Waals surface area contributed by atoms with Crippen LogP contribution in [0, 0.1) is 0 Å². The van der Waals surface area contributed by atoms with Gasteiger partial charge in [0.25, 0.3) is 0 Å². The zero-order valence-electron chi connectivity index (χ0n) is 14.1. The van der Waals surface area contributed by atoms with Gasteiger partial charge >= 0.3 is 0 Å². The molecule has 0 spiro atoms. The van der Waals surface area contributed by atoms with Crippen molar-refractivity contribution in [2.24, 2.45) is 0 Å². The number of rotatable bonds is 3. The molecule has 2 aromatic heterocycles. The van der Waals surface area contributed by atoms with Crippen molar-refractivity contribution in [3.63, 3.8) is 0 Å². The number of para-hydroxylation sites is 1. The molecule has 6 heteroatoms. The van der Waals surface area contributed by atoms with Gasteiger partial charge in [0.1, 0.15) is 5.58 Å². The summed E-state index contributed by atoms with van der Waals surface area (Å²) in [4.78, 5) is 7.18. The number of ether oxygens (including phenoxy) is 1. The first kappa shape index (κ1) is 15.1. The van der Waals surface area contributed by atoms with Gasteiger partial charge in [0.2, 0.25) is 11.7 Å². The average Bonchev–Trinajstić information content (AvgIpc) is 3.39. The molecule has 6 nitrogen and oxygen atoms in total. The molecule has 0 radical (unpaired) electrons. The Morgan fingerprint density at radius 3 is 2.84 bits per heavy atom. The fourth-order valence-electron chi connectivity index (χ4n) is 4.07. The Bertz CT molecular complexity index is 833. The van der Waals surface area contributed by atoms with Crippen molar-refractivity contribution in [2.45, 2.75) is 37.8 Å². The van der Waals surface area contributed by atoms with Crippen molar-refractivity contribution in [3.05, 3.63) is 36.2 Å². The SMILES string of the molecule is c1ccc2oc(-c3noc(C4CCCN4C4CCOCC4)n3)cc2c1. The predicted octanol–water partition coefficient (Wildman–Crippen LogP) is 3.80. The van der Waals surface area contributed by atoms with Gasteiger partial charge in [-0.25, -0.2) is 0 Å². The molecule has 2 aliphatic rings. The number of benzene rings is 1. The molecule has 2 fully saturated rings. The summed E-state index contributed by atoms with van der Waals surface area (Å²) in [5, 5.41) is 5.22. The molecule has 2 saturated heterocycles. The number of furan rings is 1. The minimum atomic E-state index is 0.216. The average molecular weight is 339 g/mol. The van der Waals surface area contributed by atoms with Crippen LogP contribution in [0.5, 0.6) is 0 Å². The molecule has 3 aromatic rings. The molecule has 130 valence electrons. The van der Waals surface area contributed by atoms with Crippen LogP contribution in [-0.2, 0) is 4.74 Å². The summed E-state index contributed by atoms with van der Waals surface area (Å²) in [5.41, 5.74) is 0.841. The highest BCUT2D eigenvalue weighted by Crippen LogP contribution is 2.36. The third-order valence-corrected chi connectivity index (χ3v) is 5.33. The number of aromatic nitrogens is 2. The van der Waals surface area contributed by atoms with Crippen molar-refractivity contribution in [3.8, 4) is 11.6 Å². The third kappa shape index (κ3) is 2.75. The number of fused-ring (bicyclic) bond motifs is 1. The van der Waals surface area contributed by atoms with Gasteiger partial charge in [-0.15, -0.1) is 0 Å². The molecule has 1 aromatic carbocycles. The monoisotopic (exact) mass is 339 g/mol. The number of nitrogens with zero attached hydrogens (tertiary/aromatic N) is 3. The maximum absolute atomic E-state index is 5.86. The first-order chi connectivity index (χ1) is 12.4. The van der Waals surface area contributed by atoms with Gasteiger partial charge in [0.05, 0.1) is 6.04 Å². The van der Waals surface area contributed by atoms with Crippen LogP contribution in [0.2, 0.25) is 0 Å². The highest BCUT2D eigenvalue weighted by molar-refractivity contribution is 5.81. The Kier molecular flexibility index (Phi) is 3.79. The lowest BCUT2D eigenvalue weighted by Gasteiger charge is -2.33. The van der Waals surface area contributed by atoms with Crippen molar-refractivity contribution in [1.29, 1.82) is 0 Å². The Labute approximate surface area is 145 Å². The molecule has 0 amide bonds. The van der Waals surface area contributed by atoms with Crippen molar-refractivity contribution in [1.82, 2.24) is 15.0 Å². The van der Waals surface area contributed by atoms with E-state index < -0.39 is 0 Å². The van der Waals surface area contributed by atoms with E-state index in [1.54, 1.807) is 0 Å². The smallest absolute Gasteiger partial charge is 0.244 e. The van der Waals surface area contributed by atoms with Gasteiger partial charge < -0.3 is 13.7 Å². The van der Waals surface area contributed by atoms with E-state index in [1.807, 2.05) is 30.3 Å². The second-order valence-corrected chi connectivity index (χ2v) is 6.84. The minimum Gasteiger partial charge on any atom is -0.453 e. The Morgan fingerprint density at radius 1 is 1.08 bits per heavy atom. The summed E-state index contributed by atoms with van der Waals surface area (Å²) < 4.78 is 17.0. The number of likely N-dealkylation sites (tertiary alicyclic amines) is 1. The van der Waals surface area contributed by atoms with Crippen LogP contribution >= 0.6 is 0 Å². The van der Waals surface area contributed by atoms with Crippen LogP contribution in [0.25, 0.3) is 22.6 Å². The number of hydrogen-bond acceptors (Lipinski definition) is 6. The Hall–Kier alpha value is -2.18. The van der Waals surface area contributed by atoms with Crippen molar-refractivity contribution in [2.75, 3.05) is 19.8 Å². The summed E-state index contributed by atoms with van der Waals surface area (Å²) in [6, 6.07) is 10.7. The Balaban J connectivity index is 1.41. The molecule has 0 N–H and O–H groups in total. The van der Waals surface area contributed by atoms with Crippen LogP contribution in [0.1, 0.15) is 37.6 Å². The Morgan fingerprint density at radius 2 is 1.96 bits per heavy atom. The molecule has 0 aliphatic carbocycles. The molecule has 25 heavy (non-hydrogen) atoms. The highest BCUT2D eigenvalue weighted by atomic mass is 16.5. The van der Waals surface area contributed by atoms with E-state index in [1.165, 1.54) is 6.42 Å². The maximum Gasteiger partial charge on any atom is 0.244 e. The summed E-state index contributed by atoms with van der Waals surface area (Å²) in [5.74, 6) is 1.90. The lowest BCUT2D eigenvalue weighted by atomic mass is 10.1. The van der Waals surface area contributed by atoms with Crippen LogP contribution < -0.4 is 0 Å². The van der Waals surface area contributed by atoms with Gasteiger partial charge in [-0.05, 0) is 44.4 Å². The first-order valence-electron chi connectivity index (χ1n) is 9.04. The molecule has 1 unspecified atom stereocenters. The lowest BCUT2D eigenvalue weighted by molar-refractivity contribution is 0.0243. The van der Waals surface area contributed by atoms with Gasteiger partial charge in [-0.1, -0.05) is 23.4 Å². The second-order valence-electron chi connectivity index (χ2n) is 6.84. The van der Waals surface area contributed by atoms with Gasteiger partial charge in [0.15, 0.2) is 5.76 Å². The fourth-order valence-corrected chi connectivity index (χ4v) is 4.07. The summed E-state index contributed by atoms with van der Waals surface area (Å²) in [6.45, 7) is 2.79. The number of hydrogen-bond donors (Lipinski definition) is 0. The van der Waals surface area contributed by atoms with E-state index in [0.29, 0.717) is 23.5 Å². The van der Waals surface area contributed by atoms with Crippen LogP contribution in [0.3, 0.4) is 0 Å². The van der Waals surface area contributed by atoms with Crippen LogP contribution in [0.4, 0.5) is 0 Å². The second kappa shape index (κ2) is 6.28. The van der Waals surface area contributed by atoms with E-state index in [0.717, 1.165) is 50.0 Å². The zero-order valence-corrected chi connectivity index (χ0v) is 14.1. The highest BCUT2D eigenvalue weighted by Gasteiger charge is 2.36. The molecule has 0 saturated carbocycles. The summed E-state index contributed by atoms with van der Waals surface area (Å²) in [7, 11) is 0. The normalized spacial score (nSPS) is 22.8. The van der Waals surface area contributed by atoms with Gasteiger partial charge in [-0.2, -0.15) is 4.98 Å². The lowest BCUT2D eigenvalue weighted by Crippen LogP contribution is -2.39. The summed E-state index contributed by atoms with van der Waals surface area (Å²) >= 11 is 0. The van der Waals surface area contributed by atoms with E-state index in [-0.39, 0.29) is 6.04 Å². The minimum absolute atomic E-state index is 0.216. The fraction of sp³-hybridized carbons (Fsp3) is 0.474. The van der Waals surface area contributed by atoms with Gasteiger partial charge in [-0.3, -0.25) is 4.90 Å². The molecule has 5 rings (SSSR count). The predicted molar refractivity (Wildman–Crippen MR) is 92.0 cm³/mol. The quantitative estimate of drug-likeness (QED) is 0.723.